The van der Waals surface area contributed by atoms with Crippen LogP contribution in [-0.2, 0) is 22.6 Å². The van der Waals surface area contributed by atoms with E-state index in [2.05, 4.69) is 16.8 Å². The van der Waals surface area contributed by atoms with Crippen molar-refractivity contribution in [3.8, 4) is 0 Å². The van der Waals surface area contributed by atoms with E-state index in [0.717, 1.165) is 17.7 Å². The number of carbonyl (C=O) groups is 2. The van der Waals surface area contributed by atoms with Crippen LogP contribution in [0, 0.1) is 6.92 Å². The number of aryl methyl sites for hydroxylation is 1. The zero-order valence-electron chi connectivity index (χ0n) is 16.7. The lowest BCUT2D eigenvalue weighted by atomic mass is 9.93. The SMILES string of the molecule is Cc1ccc(CNC(=O)CCC(=O)N2CCc3sccc3C2c2ccc(Cl)cc2)o1. The molecule has 0 saturated carbocycles. The number of amides is 2. The highest BCUT2D eigenvalue weighted by Crippen LogP contribution is 2.38. The molecule has 7 heteroatoms. The fraction of sp³-hybridized carbons (Fsp3) is 0.304. The number of furan rings is 1. The maximum atomic E-state index is 13.1. The molecule has 2 aromatic heterocycles. The molecule has 5 nitrogen and oxygen atoms in total. The summed E-state index contributed by atoms with van der Waals surface area (Å²) in [6.07, 6.45) is 1.16. The highest BCUT2D eigenvalue weighted by molar-refractivity contribution is 7.10. The largest absolute Gasteiger partial charge is 0.465 e. The fourth-order valence-corrected chi connectivity index (χ4v) is 4.84. The molecular formula is C23H23ClN2O3S. The van der Waals surface area contributed by atoms with Gasteiger partial charge in [-0.15, -0.1) is 11.3 Å². The molecule has 1 atom stereocenters. The van der Waals surface area contributed by atoms with Crippen LogP contribution in [0.1, 0.15) is 46.4 Å². The first kappa shape index (κ1) is 20.7. The molecule has 0 radical (unpaired) electrons. The quantitative estimate of drug-likeness (QED) is 0.592. The van der Waals surface area contributed by atoms with E-state index < -0.39 is 0 Å². The van der Waals surface area contributed by atoms with E-state index in [0.29, 0.717) is 23.9 Å². The van der Waals surface area contributed by atoms with Crippen LogP contribution in [0.3, 0.4) is 0 Å². The van der Waals surface area contributed by atoms with Gasteiger partial charge in [-0.1, -0.05) is 23.7 Å². The Morgan fingerprint density at radius 3 is 2.70 bits per heavy atom. The zero-order valence-corrected chi connectivity index (χ0v) is 18.3. The number of halogens is 1. The smallest absolute Gasteiger partial charge is 0.223 e. The van der Waals surface area contributed by atoms with Crippen molar-refractivity contribution in [1.82, 2.24) is 10.2 Å². The second-order valence-corrected chi connectivity index (χ2v) is 8.82. The van der Waals surface area contributed by atoms with Crippen molar-refractivity contribution in [2.45, 2.75) is 38.8 Å². The number of thiophene rings is 1. The van der Waals surface area contributed by atoms with E-state index in [1.54, 1.807) is 11.3 Å². The highest BCUT2D eigenvalue weighted by atomic mass is 35.5. The van der Waals surface area contributed by atoms with Gasteiger partial charge in [0.25, 0.3) is 0 Å². The van der Waals surface area contributed by atoms with Crippen molar-refractivity contribution < 1.29 is 14.0 Å². The van der Waals surface area contributed by atoms with Gasteiger partial charge in [0.05, 0.1) is 12.6 Å². The third-order valence-corrected chi connectivity index (χ3v) is 6.54. The van der Waals surface area contributed by atoms with Crippen molar-refractivity contribution in [1.29, 1.82) is 0 Å². The van der Waals surface area contributed by atoms with Crippen molar-refractivity contribution in [3.63, 3.8) is 0 Å². The van der Waals surface area contributed by atoms with Gasteiger partial charge in [0, 0.05) is 29.3 Å². The van der Waals surface area contributed by atoms with Crippen LogP contribution in [-0.4, -0.2) is 23.3 Å². The number of fused-ring (bicyclic) bond motifs is 1. The Balaban J connectivity index is 1.41. The van der Waals surface area contributed by atoms with Gasteiger partial charge >= 0.3 is 0 Å². The Kier molecular flexibility index (Phi) is 6.25. The van der Waals surface area contributed by atoms with Gasteiger partial charge in [0.2, 0.25) is 11.8 Å². The van der Waals surface area contributed by atoms with E-state index in [4.69, 9.17) is 16.0 Å². The normalized spacial score (nSPS) is 15.7. The summed E-state index contributed by atoms with van der Waals surface area (Å²) >= 11 is 7.79. The number of rotatable bonds is 6. The van der Waals surface area contributed by atoms with Gasteiger partial charge in [-0.25, -0.2) is 0 Å². The average molecular weight is 443 g/mol. The second kappa shape index (κ2) is 9.06. The van der Waals surface area contributed by atoms with E-state index in [1.165, 1.54) is 10.4 Å². The van der Waals surface area contributed by atoms with Gasteiger partial charge in [0.1, 0.15) is 11.5 Å². The van der Waals surface area contributed by atoms with Crippen LogP contribution in [0.4, 0.5) is 0 Å². The van der Waals surface area contributed by atoms with Crippen molar-refractivity contribution >= 4 is 34.8 Å². The van der Waals surface area contributed by atoms with Crippen LogP contribution < -0.4 is 5.32 Å². The molecule has 0 fully saturated rings. The maximum Gasteiger partial charge on any atom is 0.223 e. The van der Waals surface area contributed by atoms with Gasteiger partial charge in [0.15, 0.2) is 0 Å². The molecule has 0 spiro atoms. The van der Waals surface area contributed by atoms with Gasteiger partial charge in [-0.2, -0.15) is 0 Å². The lowest BCUT2D eigenvalue weighted by molar-refractivity contribution is -0.135. The number of benzene rings is 1. The van der Waals surface area contributed by atoms with Gasteiger partial charge < -0.3 is 14.6 Å². The minimum atomic E-state index is -0.159. The molecule has 1 aliphatic rings. The molecule has 0 aliphatic carbocycles. The molecule has 2 amide bonds. The Morgan fingerprint density at radius 2 is 1.97 bits per heavy atom. The molecule has 3 aromatic rings. The Labute approximate surface area is 184 Å². The third kappa shape index (κ3) is 4.60. The first-order chi connectivity index (χ1) is 14.5. The van der Waals surface area contributed by atoms with E-state index >= 15 is 0 Å². The third-order valence-electron chi connectivity index (χ3n) is 5.29. The van der Waals surface area contributed by atoms with Crippen LogP contribution in [0.25, 0.3) is 0 Å². The minimum absolute atomic E-state index is 0.0178. The van der Waals surface area contributed by atoms with E-state index in [1.807, 2.05) is 48.2 Å². The Morgan fingerprint density at radius 1 is 1.17 bits per heavy atom. The highest BCUT2D eigenvalue weighted by Gasteiger charge is 2.32. The van der Waals surface area contributed by atoms with Crippen molar-refractivity contribution in [3.05, 3.63) is 80.4 Å². The average Bonchev–Trinajstić information content (AvgIpc) is 3.39. The molecule has 30 heavy (non-hydrogen) atoms. The summed E-state index contributed by atoms with van der Waals surface area (Å²) in [6.45, 7) is 2.84. The number of nitrogens with zero attached hydrogens (tertiary/aromatic N) is 1. The van der Waals surface area contributed by atoms with Crippen molar-refractivity contribution in [2.24, 2.45) is 0 Å². The monoisotopic (exact) mass is 442 g/mol. The second-order valence-electron chi connectivity index (χ2n) is 7.38. The van der Waals surface area contributed by atoms with Crippen molar-refractivity contribution in [2.75, 3.05) is 6.54 Å². The molecule has 1 N–H and O–H groups in total. The van der Waals surface area contributed by atoms with Crippen LogP contribution in [0.2, 0.25) is 5.02 Å². The maximum absolute atomic E-state index is 13.1. The molecular weight excluding hydrogens is 420 g/mol. The van der Waals surface area contributed by atoms with Crippen LogP contribution in [0.5, 0.6) is 0 Å². The molecule has 1 aromatic carbocycles. The van der Waals surface area contributed by atoms with Crippen LogP contribution >= 0.6 is 22.9 Å². The minimum Gasteiger partial charge on any atom is -0.465 e. The summed E-state index contributed by atoms with van der Waals surface area (Å²) in [6, 6.07) is 13.3. The van der Waals surface area contributed by atoms with E-state index in [-0.39, 0.29) is 30.7 Å². The topological polar surface area (TPSA) is 62.6 Å². The molecule has 0 bridgehead atoms. The molecule has 0 saturated heterocycles. The predicted molar refractivity (Wildman–Crippen MR) is 118 cm³/mol. The molecule has 4 rings (SSSR count). The Bertz CT molecular complexity index is 1040. The first-order valence-electron chi connectivity index (χ1n) is 9.94. The predicted octanol–water partition coefficient (Wildman–Crippen LogP) is 4.87. The fourth-order valence-electron chi connectivity index (χ4n) is 3.81. The summed E-state index contributed by atoms with van der Waals surface area (Å²) in [7, 11) is 0. The number of nitrogens with one attached hydrogen (secondary N) is 1. The summed E-state index contributed by atoms with van der Waals surface area (Å²) in [4.78, 5) is 28.5. The molecule has 1 aliphatic heterocycles. The summed E-state index contributed by atoms with van der Waals surface area (Å²) < 4.78 is 5.45. The lowest BCUT2D eigenvalue weighted by Gasteiger charge is -2.36. The van der Waals surface area contributed by atoms with Gasteiger partial charge in [-0.3, -0.25) is 9.59 Å². The lowest BCUT2D eigenvalue weighted by Crippen LogP contribution is -2.40. The molecule has 1 unspecified atom stereocenters. The number of hydrogen-bond acceptors (Lipinski definition) is 4. The summed E-state index contributed by atoms with van der Waals surface area (Å²) in [5, 5.41) is 5.56. The van der Waals surface area contributed by atoms with Crippen LogP contribution in [0.15, 0.2) is 52.3 Å². The van der Waals surface area contributed by atoms with E-state index in [9.17, 15) is 9.59 Å². The first-order valence-corrected chi connectivity index (χ1v) is 11.2. The molecule has 3 heterocycles. The number of carbonyl (C=O) groups excluding carboxylic acids is 2. The summed E-state index contributed by atoms with van der Waals surface area (Å²) in [5.74, 6) is 1.33. The zero-order chi connectivity index (χ0) is 21.1. The number of hydrogen-bond donors (Lipinski definition) is 1. The Hall–Kier alpha value is -2.57. The molecule has 156 valence electrons. The summed E-state index contributed by atoms with van der Waals surface area (Å²) in [5.41, 5.74) is 2.20. The van der Waals surface area contributed by atoms with Gasteiger partial charge in [-0.05, 0) is 60.2 Å². The standard InChI is InChI=1S/C23H23ClN2O3S/c1-15-2-7-18(29-15)14-25-21(27)8-9-22(28)26-12-10-20-19(11-13-30-20)23(26)16-3-5-17(24)6-4-16/h2-7,11,13,23H,8-10,12,14H2,1H3,(H,25,27).